The molecule has 2 aliphatic heterocycles. The van der Waals surface area contributed by atoms with Crippen LogP contribution in [0.25, 0.3) is 6.08 Å². The van der Waals surface area contributed by atoms with Gasteiger partial charge in [-0.15, -0.1) is 0 Å². The molecule has 0 radical (unpaired) electrons. The van der Waals surface area contributed by atoms with Gasteiger partial charge in [0.25, 0.3) is 0 Å². The molecular formula is C39H63N3O. The largest absolute Gasteiger partial charge is 0.382 e. The number of unbranched alkanes of at least 4 members (excludes halogenated alkanes) is 2. The normalized spacial score (nSPS) is 18.0. The Bertz CT molecular complexity index is 1080. The van der Waals surface area contributed by atoms with E-state index in [1.54, 1.807) is 0 Å². The third kappa shape index (κ3) is 11.0. The lowest BCUT2D eigenvalue weighted by Crippen LogP contribution is -2.42. The molecule has 0 bridgehead atoms. The Labute approximate surface area is 265 Å². The van der Waals surface area contributed by atoms with Crippen molar-refractivity contribution in [1.29, 1.82) is 0 Å². The van der Waals surface area contributed by atoms with Crippen molar-refractivity contribution in [3.8, 4) is 0 Å². The van der Waals surface area contributed by atoms with Crippen LogP contribution < -0.4 is 9.80 Å². The molecule has 4 rings (SSSR count). The van der Waals surface area contributed by atoms with Crippen LogP contribution in [0.1, 0.15) is 114 Å². The quantitative estimate of drug-likeness (QED) is 0.204. The molecule has 4 heteroatoms. The van der Waals surface area contributed by atoms with Crippen molar-refractivity contribution in [3.05, 3.63) is 65.2 Å². The van der Waals surface area contributed by atoms with E-state index in [9.17, 15) is 0 Å². The highest BCUT2D eigenvalue weighted by atomic mass is 16.5. The summed E-state index contributed by atoms with van der Waals surface area (Å²) in [5, 5.41) is 0. The number of anilines is 2. The fourth-order valence-electron chi connectivity index (χ4n) is 6.75. The van der Waals surface area contributed by atoms with Crippen LogP contribution in [0.2, 0.25) is 0 Å². The molecule has 240 valence electrons. The van der Waals surface area contributed by atoms with Gasteiger partial charge in [-0.2, -0.15) is 0 Å². The average molecular weight is 590 g/mol. The Morgan fingerprint density at radius 1 is 0.953 bits per heavy atom. The smallest absolute Gasteiger partial charge is 0.0469 e. The zero-order chi connectivity index (χ0) is 31.0. The maximum Gasteiger partial charge on any atom is 0.0469 e. The zero-order valence-electron chi connectivity index (χ0n) is 28.7. The number of rotatable bonds is 14. The van der Waals surface area contributed by atoms with Crippen molar-refractivity contribution in [2.45, 2.75) is 105 Å². The fourth-order valence-corrected chi connectivity index (χ4v) is 6.75. The summed E-state index contributed by atoms with van der Waals surface area (Å²) in [5.41, 5.74) is 8.31. The van der Waals surface area contributed by atoms with E-state index >= 15 is 0 Å². The summed E-state index contributed by atoms with van der Waals surface area (Å²) in [5.74, 6) is 1.34. The molecular weight excluding hydrogens is 526 g/mol. The van der Waals surface area contributed by atoms with Gasteiger partial charge < -0.3 is 19.4 Å². The first kappa shape index (κ1) is 35.2. The van der Waals surface area contributed by atoms with Crippen molar-refractivity contribution in [2.75, 3.05) is 62.3 Å². The summed E-state index contributed by atoms with van der Waals surface area (Å²) in [6.07, 6.45) is 12.4. The van der Waals surface area contributed by atoms with Gasteiger partial charge in [-0.25, -0.2) is 0 Å². The average Bonchev–Trinajstić information content (AvgIpc) is 3.20. The number of hydrogen-bond donors (Lipinski definition) is 0. The van der Waals surface area contributed by atoms with Crippen molar-refractivity contribution in [3.63, 3.8) is 0 Å². The predicted molar refractivity (Wildman–Crippen MR) is 190 cm³/mol. The van der Waals surface area contributed by atoms with Gasteiger partial charge >= 0.3 is 0 Å². The number of ether oxygens (including phenoxy) is 1. The van der Waals surface area contributed by atoms with Crippen molar-refractivity contribution >= 4 is 17.5 Å². The molecule has 2 aromatic rings. The van der Waals surface area contributed by atoms with Crippen LogP contribution in [0.15, 0.2) is 43.0 Å². The molecule has 1 saturated heterocycles. The number of hydrogen-bond acceptors (Lipinski definition) is 4. The lowest BCUT2D eigenvalue weighted by Gasteiger charge is -2.35. The fraction of sp³-hybridized carbons (Fsp3) is 0.641. The first-order valence-electron chi connectivity index (χ1n) is 17.6. The Morgan fingerprint density at radius 3 is 2.47 bits per heavy atom. The number of aryl methyl sites for hydroxylation is 1. The van der Waals surface area contributed by atoms with Gasteiger partial charge in [-0.05, 0) is 92.3 Å². The highest BCUT2D eigenvalue weighted by Crippen LogP contribution is 2.35. The van der Waals surface area contributed by atoms with Crippen molar-refractivity contribution in [1.82, 2.24) is 4.90 Å². The molecule has 0 aromatic heterocycles. The molecule has 0 spiro atoms. The van der Waals surface area contributed by atoms with E-state index in [0.717, 1.165) is 51.9 Å². The van der Waals surface area contributed by atoms with E-state index in [4.69, 9.17) is 4.74 Å². The second-order valence-corrected chi connectivity index (χ2v) is 12.9. The molecule has 43 heavy (non-hydrogen) atoms. The molecule has 2 aromatic carbocycles. The number of piperidine rings is 1. The molecule has 2 atom stereocenters. The van der Waals surface area contributed by atoms with Crippen LogP contribution in [0.3, 0.4) is 0 Å². The standard InChI is InChI=1S/C34H51N3O.C5H12/c1-6-10-28(5)32-15-13-29(7-2)24-34(32)37-21-20-36(33-23-27(4)12-14-31(33)26-37)19-18-35-17-9-11-30(25-35)16-22-38-8-3;1-3-5-4-2/h7,12-15,23-24,28,30H,2,6,8-11,16-22,25-26H2,1,3-5H3;3-5H2,1-2H3. The topological polar surface area (TPSA) is 19.0 Å². The van der Waals surface area contributed by atoms with Crippen molar-refractivity contribution < 1.29 is 4.74 Å². The lowest BCUT2D eigenvalue weighted by molar-refractivity contribution is 0.105. The molecule has 2 heterocycles. The third-order valence-electron chi connectivity index (χ3n) is 9.34. The van der Waals surface area contributed by atoms with Crippen LogP contribution in [-0.4, -0.2) is 57.4 Å². The number of likely N-dealkylation sites (tertiary alicyclic amines) is 1. The van der Waals surface area contributed by atoms with Crippen LogP contribution in [0.5, 0.6) is 0 Å². The number of benzene rings is 2. The molecule has 1 fully saturated rings. The minimum atomic E-state index is 0.556. The minimum Gasteiger partial charge on any atom is -0.382 e. The Hall–Kier alpha value is -2.30. The Kier molecular flexibility index (Phi) is 15.7. The summed E-state index contributed by atoms with van der Waals surface area (Å²) in [6, 6.07) is 14.0. The van der Waals surface area contributed by atoms with Gasteiger partial charge in [0.1, 0.15) is 0 Å². The van der Waals surface area contributed by atoms with Gasteiger partial charge in [0.05, 0.1) is 0 Å². The molecule has 0 aliphatic carbocycles. The molecule has 0 amide bonds. The zero-order valence-corrected chi connectivity index (χ0v) is 28.7. The summed E-state index contributed by atoms with van der Waals surface area (Å²) >= 11 is 0. The number of fused-ring (bicyclic) bond motifs is 1. The first-order chi connectivity index (χ1) is 20.9. The molecule has 4 nitrogen and oxygen atoms in total. The van der Waals surface area contributed by atoms with Gasteiger partial charge in [0, 0.05) is 63.9 Å². The highest BCUT2D eigenvalue weighted by Gasteiger charge is 2.25. The van der Waals surface area contributed by atoms with E-state index < -0.39 is 0 Å². The Balaban J connectivity index is 0.000000934. The first-order valence-corrected chi connectivity index (χ1v) is 17.6. The second-order valence-electron chi connectivity index (χ2n) is 12.9. The molecule has 2 unspecified atom stereocenters. The maximum atomic E-state index is 5.65. The molecule has 0 saturated carbocycles. The van der Waals surface area contributed by atoms with E-state index in [2.05, 4.69) is 99.2 Å². The summed E-state index contributed by atoms with van der Waals surface area (Å²) in [7, 11) is 0. The maximum absolute atomic E-state index is 5.65. The van der Waals surface area contributed by atoms with Gasteiger partial charge in [-0.3, -0.25) is 0 Å². The predicted octanol–water partition coefficient (Wildman–Crippen LogP) is 9.70. The van der Waals surface area contributed by atoms with Gasteiger partial charge in [0.2, 0.25) is 0 Å². The Morgan fingerprint density at radius 2 is 1.77 bits per heavy atom. The summed E-state index contributed by atoms with van der Waals surface area (Å²) < 4.78 is 5.65. The third-order valence-corrected chi connectivity index (χ3v) is 9.34. The second kappa shape index (κ2) is 19.2. The summed E-state index contributed by atoms with van der Waals surface area (Å²) in [4.78, 5) is 8.00. The number of nitrogens with zero attached hydrogens (tertiary/aromatic N) is 3. The van der Waals surface area contributed by atoms with E-state index in [1.165, 1.54) is 98.1 Å². The monoisotopic (exact) mass is 589 g/mol. The van der Waals surface area contributed by atoms with E-state index in [1.807, 2.05) is 6.08 Å². The molecule has 2 aliphatic rings. The lowest BCUT2D eigenvalue weighted by atomic mass is 9.93. The summed E-state index contributed by atoms with van der Waals surface area (Å²) in [6.45, 7) is 27.0. The highest BCUT2D eigenvalue weighted by molar-refractivity contribution is 5.65. The minimum absolute atomic E-state index is 0.556. The van der Waals surface area contributed by atoms with E-state index in [-0.39, 0.29) is 0 Å². The molecule has 0 N–H and O–H groups in total. The van der Waals surface area contributed by atoms with Gasteiger partial charge in [-0.1, -0.05) is 90.3 Å². The van der Waals surface area contributed by atoms with Crippen LogP contribution in [0, 0.1) is 12.8 Å². The van der Waals surface area contributed by atoms with Crippen LogP contribution in [-0.2, 0) is 11.3 Å². The van der Waals surface area contributed by atoms with Crippen LogP contribution >= 0.6 is 0 Å². The van der Waals surface area contributed by atoms with Crippen LogP contribution in [0.4, 0.5) is 11.4 Å². The van der Waals surface area contributed by atoms with E-state index in [0.29, 0.717) is 5.92 Å². The van der Waals surface area contributed by atoms with Gasteiger partial charge in [0.15, 0.2) is 0 Å². The van der Waals surface area contributed by atoms with Crippen molar-refractivity contribution in [2.24, 2.45) is 5.92 Å². The SMILES string of the molecule is C=Cc1ccc(C(C)CCC)c(N2CCN(CCN3CCCC(CCOCC)C3)c3cc(C)ccc3C2)c1.CCCCC.